The number of halogens is 3. The van der Waals surface area contributed by atoms with Gasteiger partial charge in [-0.05, 0) is 24.3 Å². The van der Waals surface area contributed by atoms with E-state index in [1.54, 1.807) is 6.07 Å². The summed E-state index contributed by atoms with van der Waals surface area (Å²) in [7, 11) is 0. The minimum atomic E-state index is -0.704. The summed E-state index contributed by atoms with van der Waals surface area (Å²) < 4.78 is 45.3. The third kappa shape index (κ3) is 2.34. The van der Waals surface area contributed by atoms with E-state index in [-0.39, 0.29) is 35.9 Å². The number of carbonyl (C=O) groups excluding carboxylic acids is 1. The topological polar surface area (TPSA) is 38.3 Å². The van der Waals surface area contributed by atoms with Crippen LogP contribution in [-0.2, 0) is 11.3 Å². The molecule has 1 aliphatic carbocycles. The summed E-state index contributed by atoms with van der Waals surface area (Å²) in [6.45, 7) is -0.0309. The van der Waals surface area contributed by atoms with Gasteiger partial charge in [-0.15, -0.1) is 0 Å². The monoisotopic (exact) mass is 319 g/mol. The van der Waals surface area contributed by atoms with Crippen LogP contribution in [0.2, 0.25) is 0 Å². The number of hydrogen-bond donors (Lipinski definition) is 1. The average Bonchev–Trinajstić information content (AvgIpc) is 3.11. The summed E-state index contributed by atoms with van der Waals surface area (Å²) in [4.78, 5) is 12.2. The first-order valence-corrected chi connectivity index (χ1v) is 7.22. The minimum Gasteiger partial charge on any atom is -0.489 e. The molecule has 0 saturated heterocycles. The van der Waals surface area contributed by atoms with Crippen molar-refractivity contribution < 1.29 is 22.7 Å². The second kappa shape index (κ2) is 5.01. The van der Waals surface area contributed by atoms with Crippen molar-refractivity contribution in [2.45, 2.75) is 18.6 Å². The molecule has 23 heavy (non-hydrogen) atoms. The summed E-state index contributed by atoms with van der Waals surface area (Å²) in [5.74, 6) is -1.96. The summed E-state index contributed by atoms with van der Waals surface area (Å²) >= 11 is 0. The van der Waals surface area contributed by atoms with Crippen LogP contribution in [0.4, 0.5) is 13.2 Å². The Hall–Kier alpha value is -2.50. The number of benzene rings is 2. The van der Waals surface area contributed by atoms with E-state index in [0.717, 1.165) is 12.1 Å². The first kappa shape index (κ1) is 14.1. The van der Waals surface area contributed by atoms with Crippen molar-refractivity contribution in [2.75, 3.05) is 0 Å². The Labute approximate surface area is 130 Å². The van der Waals surface area contributed by atoms with Crippen molar-refractivity contribution in [1.29, 1.82) is 0 Å². The van der Waals surface area contributed by atoms with Crippen molar-refractivity contribution in [1.82, 2.24) is 5.32 Å². The van der Waals surface area contributed by atoms with Crippen LogP contribution in [0.5, 0.6) is 5.75 Å². The van der Waals surface area contributed by atoms with Gasteiger partial charge in [0.25, 0.3) is 0 Å². The summed E-state index contributed by atoms with van der Waals surface area (Å²) in [6.07, 6.45) is -0.287. The number of hydrogen-bond acceptors (Lipinski definition) is 2. The zero-order valence-electron chi connectivity index (χ0n) is 11.9. The third-order valence-electron chi connectivity index (χ3n) is 4.32. The Morgan fingerprint density at radius 1 is 1.09 bits per heavy atom. The van der Waals surface area contributed by atoms with E-state index in [2.05, 4.69) is 5.32 Å². The van der Waals surface area contributed by atoms with Crippen LogP contribution in [0.1, 0.15) is 17.0 Å². The lowest BCUT2D eigenvalue weighted by molar-refractivity contribution is -0.123. The van der Waals surface area contributed by atoms with E-state index in [1.165, 1.54) is 18.2 Å². The molecule has 0 radical (unpaired) electrons. The largest absolute Gasteiger partial charge is 0.489 e. The molecule has 1 amide bonds. The normalized spacial score (nSPS) is 23.7. The van der Waals surface area contributed by atoms with Gasteiger partial charge in [0.05, 0.1) is 5.92 Å². The highest BCUT2D eigenvalue weighted by Gasteiger charge is 2.62. The molecule has 2 aliphatic rings. The average molecular weight is 319 g/mol. The van der Waals surface area contributed by atoms with E-state index < -0.39 is 17.6 Å². The minimum absolute atomic E-state index is 0.0309. The Balaban J connectivity index is 1.42. The van der Waals surface area contributed by atoms with Crippen molar-refractivity contribution in [3.63, 3.8) is 0 Å². The molecule has 0 spiro atoms. The molecule has 0 aromatic heterocycles. The van der Waals surface area contributed by atoms with Gasteiger partial charge in [-0.2, -0.15) is 0 Å². The molecular weight excluding hydrogens is 307 g/mol. The second-order valence-corrected chi connectivity index (χ2v) is 5.77. The molecular formula is C17H12F3NO2. The lowest BCUT2D eigenvalue weighted by atomic mass is 10.1. The van der Waals surface area contributed by atoms with Crippen LogP contribution in [0.3, 0.4) is 0 Å². The molecule has 1 fully saturated rings. The zero-order chi connectivity index (χ0) is 16.1. The number of rotatable bonds is 3. The van der Waals surface area contributed by atoms with E-state index in [1.807, 2.05) is 0 Å². The second-order valence-electron chi connectivity index (χ2n) is 5.77. The van der Waals surface area contributed by atoms with Crippen LogP contribution in [0.15, 0.2) is 36.4 Å². The van der Waals surface area contributed by atoms with Crippen molar-refractivity contribution in [3.8, 4) is 5.75 Å². The van der Waals surface area contributed by atoms with Gasteiger partial charge in [-0.25, -0.2) is 13.2 Å². The Morgan fingerprint density at radius 2 is 1.83 bits per heavy atom. The molecule has 118 valence electrons. The van der Waals surface area contributed by atoms with Gasteiger partial charge in [0.2, 0.25) is 5.91 Å². The SMILES string of the molecule is O=C(NCc1ccc(F)cc1F)C1C2Oc3ccc(F)cc3C21. The molecule has 0 bridgehead atoms. The van der Waals surface area contributed by atoms with Crippen LogP contribution in [0, 0.1) is 23.4 Å². The first-order valence-electron chi connectivity index (χ1n) is 7.22. The van der Waals surface area contributed by atoms with Gasteiger partial charge in [0.15, 0.2) is 0 Å². The standard InChI is InChI=1S/C17H12F3NO2/c18-9-3-4-13-11(5-9)14-15(16(14)23-13)17(22)21-7-8-1-2-10(19)6-12(8)20/h1-6,14-16H,7H2,(H,21,22). The molecule has 1 saturated carbocycles. The van der Waals surface area contributed by atoms with Gasteiger partial charge >= 0.3 is 0 Å². The quantitative estimate of drug-likeness (QED) is 0.945. The predicted molar refractivity (Wildman–Crippen MR) is 75.3 cm³/mol. The number of amides is 1. The number of carbonyl (C=O) groups is 1. The van der Waals surface area contributed by atoms with Gasteiger partial charge in [0, 0.05) is 29.7 Å². The zero-order valence-corrected chi connectivity index (χ0v) is 11.9. The van der Waals surface area contributed by atoms with E-state index >= 15 is 0 Å². The smallest absolute Gasteiger partial charge is 0.227 e. The van der Waals surface area contributed by atoms with E-state index in [0.29, 0.717) is 11.3 Å². The highest BCUT2D eigenvalue weighted by atomic mass is 19.1. The number of ether oxygens (including phenoxy) is 1. The van der Waals surface area contributed by atoms with Crippen LogP contribution < -0.4 is 10.1 Å². The van der Waals surface area contributed by atoms with Gasteiger partial charge < -0.3 is 10.1 Å². The maximum Gasteiger partial charge on any atom is 0.227 e. The molecule has 4 rings (SSSR count). The molecule has 3 nitrogen and oxygen atoms in total. The molecule has 3 unspecified atom stereocenters. The molecule has 6 heteroatoms. The van der Waals surface area contributed by atoms with Crippen LogP contribution in [0.25, 0.3) is 0 Å². The molecule has 2 aromatic carbocycles. The van der Waals surface area contributed by atoms with Crippen LogP contribution >= 0.6 is 0 Å². The Morgan fingerprint density at radius 3 is 2.61 bits per heavy atom. The maximum atomic E-state index is 13.5. The Kier molecular flexibility index (Phi) is 3.07. The van der Waals surface area contributed by atoms with Crippen molar-refractivity contribution in [3.05, 3.63) is 65.0 Å². The fraction of sp³-hybridized carbons (Fsp3) is 0.235. The van der Waals surface area contributed by atoms with Gasteiger partial charge in [-0.3, -0.25) is 4.79 Å². The lowest BCUT2D eigenvalue weighted by Gasteiger charge is -2.10. The summed E-state index contributed by atoms with van der Waals surface area (Å²) in [5, 5.41) is 2.62. The van der Waals surface area contributed by atoms with E-state index in [9.17, 15) is 18.0 Å². The lowest BCUT2D eigenvalue weighted by Crippen LogP contribution is -2.27. The summed E-state index contributed by atoms with van der Waals surface area (Å²) in [6, 6.07) is 7.45. The predicted octanol–water partition coefficient (Wildman–Crippen LogP) is 2.89. The molecule has 1 heterocycles. The first-order chi connectivity index (χ1) is 11.0. The van der Waals surface area contributed by atoms with E-state index in [4.69, 9.17) is 4.74 Å². The maximum absolute atomic E-state index is 13.5. The highest BCUT2D eigenvalue weighted by molar-refractivity contribution is 5.85. The van der Waals surface area contributed by atoms with Crippen LogP contribution in [-0.4, -0.2) is 12.0 Å². The van der Waals surface area contributed by atoms with Crippen molar-refractivity contribution >= 4 is 5.91 Å². The fourth-order valence-electron chi connectivity index (χ4n) is 3.11. The fourth-order valence-corrected chi connectivity index (χ4v) is 3.11. The van der Waals surface area contributed by atoms with Gasteiger partial charge in [-0.1, -0.05) is 6.07 Å². The van der Waals surface area contributed by atoms with Crippen molar-refractivity contribution in [2.24, 2.45) is 5.92 Å². The molecule has 1 N–H and O–H groups in total. The number of nitrogens with one attached hydrogen (secondary N) is 1. The third-order valence-corrected chi connectivity index (χ3v) is 4.32. The number of fused-ring (bicyclic) bond motifs is 3. The van der Waals surface area contributed by atoms with Gasteiger partial charge in [0.1, 0.15) is 29.3 Å². The molecule has 2 aromatic rings. The Bertz CT molecular complexity index is 808. The molecule has 1 aliphatic heterocycles. The summed E-state index contributed by atoms with van der Waals surface area (Å²) in [5.41, 5.74) is 0.904. The molecule has 3 atom stereocenters. The highest BCUT2D eigenvalue weighted by Crippen LogP contribution is 2.58.